The zero-order valence-corrected chi connectivity index (χ0v) is 10.8. The molecule has 0 spiro atoms. The molecule has 0 aliphatic heterocycles. The van der Waals surface area contributed by atoms with Gasteiger partial charge in [-0.25, -0.2) is 0 Å². The number of alkyl halides is 3. The maximum absolute atomic E-state index is 12.2. The van der Waals surface area contributed by atoms with Crippen molar-refractivity contribution in [3.63, 3.8) is 0 Å². The first kappa shape index (κ1) is 15.0. The summed E-state index contributed by atoms with van der Waals surface area (Å²) in [5.74, 6) is -1.34. The van der Waals surface area contributed by atoms with E-state index in [1.54, 1.807) is 23.5 Å². The van der Waals surface area contributed by atoms with E-state index in [-0.39, 0.29) is 5.69 Å². The minimum atomic E-state index is -4.90. The summed E-state index contributed by atoms with van der Waals surface area (Å²) in [6.45, 7) is 0.857. The van der Waals surface area contributed by atoms with E-state index < -0.39 is 12.1 Å². The Morgan fingerprint density at radius 1 is 1.24 bits per heavy atom. The van der Waals surface area contributed by atoms with Crippen LogP contribution in [0.15, 0.2) is 41.1 Å². The molecule has 2 N–H and O–H groups in total. The third kappa shape index (κ3) is 4.60. The van der Waals surface area contributed by atoms with Crippen molar-refractivity contribution in [3.8, 4) is 0 Å². The first-order chi connectivity index (χ1) is 9.95. The molecular weight excluding hydrogens is 287 g/mol. The molecule has 8 heteroatoms. The second-order valence-corrected chi connectivity index (χ2v) is 4.23. The lowest BCUT2D eigenvalue weighted by molar-refractivity contribution is -0.167. The number of halogens is 3. The summed E-state index contributed by atoms with van der Waals surface area (Å²) in [6, 6.07) is 7.86. The van der Waals surface area contributed by atoms with Gasteiger partial charge in [-0.15, -0.1) is 0 Å². The normalized spacial score (nSPS) is 11.4. The average molecular weight is 299 g/mol. The Bertz CT molecular complexity index is 597. The number of rotatable bonds is 5. The van der Waals surface area contributed by atoms with Gasteiger partial charge < -0.3 is 15.2 Å². The highest BCUT2D eigenvalue weighted by molar-refractivity contribution is 5.94. The molecule has 0 atom stereocenters. The van der Waals surface area contributed by atoms with E-state index in [9.17, 15) is 18.0 Å². The Kier molecular flexibility index (Phi) is 4.59. The van der Waals surface area contributed by atoms with Crippen molar-refractivity contribution in [2.45, 2.75) is 19.3 Å². The van der Waals surface area contributed by atoms with E-state index in [1.165, 1.54) is 18.3 Å². The zero-order chi connectivity index (χ0) is 15.3. The van der Waals surface area contributed by atoms with Gasteiger partial charge in [0.25, 0.3) is 0 Å². The Hall–Kier alpha value is -2.35. The lowest BCUT2D eigenvalue weighted by atomic mass is 10.2. The van der Waals surface area contributed by atoms with Crippen molar-refractivity contribution in [1.82, 2.24) is 10.5 Å². The second-order valence-electron chi connectivity index (χ2n) is 4.23. The molecule has 2 aromatic rings. The number of hydrogen-bond donors (Lipinski definition) is 2. The maximum atomic E-state index is 12.2. The van der Waals surface area contributed by atoms with Crippen molar-refractivity contribution >= 4 is 11.6 Å². The van der Waals surface area contributed by atoms with Gasteiger partial charge in [0, 0.05) is 18.3 Å². The molecule has 0 saturated carbocycles. The van der Waals surface area contributed by atoms with Gasteiger partial charge in [-0.2, -0.15) is 13.2 Å². The van der Waals surface area contributed by atoms with Gasteiger partial charge in [-0.05, 0) is 17.7 Å². The summed E-state index contributed by atoms with van der Waals surface area (Å²) in [5.41, 5.74) is 0.825. The van der Waals surface area contributed by atoms with Gasteiger partial charge in [-0.3, -0.25) is 4.79 Å². The highest BCUT2D eigenvalue weighted by Crippen LogP contribution is 2.18. The van der Waals surface area contributed by atoms with Crippen LogP contribution in [0.3, 0.4) is 0 Å². The molecule has 21 heavy (non-hydrogen) atoms. The van der Waals surface area contributed by atoms with Crippen LogP contribution in [0.1, 0.15) is 11.3 Å². The molecule has 0 radical (unpaired) electrons. The molecule has 0 aliphatic rings. The monoisotopic (exact) mass is 299 g/mol. The molecule has 0 fully saturated rings. The molecule has 0 saturated heterocycles. The van der Waals surface area contributed by atoms with Crippen LogP contribution in [0.4, 0.5) is 18.9 Å². The maximum Gasteiger partial charge on any atom is 0.471 e. The number of aromatic nitrogens is 1. The zero-order valence-electron chi connectivity index (χ0n) is 10.8. The van der Waals surface area contributed by atoms with Gasteiger partial charge in [0.05, 0.1) is 12.7 Å². The van der Waals surface area contributed by atoms with Gasteiger partial charge in [0.1, 0.15) is 5.76 Å². The Morgan fingerprint density at radius 3 is 2.71 bits per heavy atom. The molecule has 0 unspecified atom stereocenters. The fourth-order valence-electron chi connectivity index (χ4n) is 1.62. The topological polar surface area (TPSA) is 67.2 Å². The minimum absolute atomic E-state index is 0.0938. The number of nitrogens with one attached hydrogen (secondary N) is 2. The molecule has 2 rings (SSSR count). The summed E-state index contributed by atoms with van der Waals surface area (Å²) in [4.78, 5) is 10.8. The summed E-state index contributed by atoms with van der Waals surface area (Å²) in [5, 5.41) is 8.40. The standard InChI is InChI=1S/C13H12F3N3O2/c14-13(15,16)12(20)19-10-3-1-2-9(6-10)7-17-8-11-4-5-18-21-11/h1-6,17H,7-8H2,(H,19,20). The molecular formula is C13H12F3N3O2. The number of amides is 1. The van der Waals surface area contributed by atoms with Crippen LogP contribution in [0.25, 0.3) is 0 Å². The van der Waals surface area contributed by atoms with Crippen molar-refractivity contribution in [1.29, 1.82) is 0 Å². The number of carbonyl (C=O) groups excluding carboxylic acids is 1. The van der Waals surface area contributed by atoms with Crippen LogP contribution >= 0.6 is 0 Å². The van der Waals surface area contributed by atoms with E-state index in [0.29, 0.717) is 18.8 Å². The molecule has 112 valence electrons. The molecule has 1 heterocycles. The first-order valence-corrected chi connectivity index (χ1v) is 6.02. The van der Waals surface area contributed by atoms with Crippen molar-refractivity contribution in [2.24, 2.45) is 0 Å². The predicted octanol–water partition coefficient (Wildman–Crippen LogP) is 2.47. The summed E-state index contributed by atoms with van der Waals surface area (Å²) >= 11 is 0. The third-order valence-electron chi connectivity index (χ3n) is 2.56. The van der Waals surface area contributed by atoms with E-state index >= 15 is 0 Å². The van der Waals surface area contributed by atoms with Crippen LogP contribution in [-0.4, -0.2) is 17.2 Å². The molecule has 1 aromatic carbocycles. The molecule has 1 aromatic heterocycles. The van der Waals surface area contributed by atoms with Gasteiger partial charge in [0.2, 0.25) is 0 Å². The smallest absolute Gasteiger partial charge is 0.360 e. The Morgan fingerprint density at radius 2 is 2.05 bits per heavy atom. The third-order valence-corrected chi connectivity index (χ3v) is 2.56. The summed E-state index contributed by atoms with van der Waals surface area (Å²) in [6.07, 6.45) is -3.38. The van der Waals surface area contributed by atoms with Crippen LogP contribution in [-0.2, 0) is 17.9 Å². The number of nitrogens with zero attached hydrogens (tertiary/aromatic N) is 1. The van der Waals surface area contributed by atoms with Gasteiger partial charge in [-0.1, -0.05) is 17.3 Å². The number of benzene rings is 1. The van der Waals surface area contributed by atoms with E-state index in [0.717, 1.165) is 5.56 Å². The number of hydrogen-bond acceptors (Lipinski definition) is 4. The van der Waals surface area contributed by atoms with Crippen LogP contribution in [0.2, 0.25) is 0 Å². The highest BCUT2D eigenvalue weighted by atomic mass is 19.4. The van der Waals surface area contributed by atoms with E-state index in [4.69, 9.17) is 4.52 Å². The summed E-state index contributed by atoms with van der Waals surface area (Å²) < 4.78 is 41.4. The van der Waals surface area contributed by atoms with Crippen molar-refractivity contribution in [3.05, 3.63) is 47.9 Å². The lowest BCUT2D eigenvalue weighted by Gasteiger charge is -2.09. The first-order valence-electron chi connectivity index (χ1n) is 6.02. The van der Waals surface area contributed by atoms with E-state index in [1.807, 2.05) is 0 Å². The van der Waals surface area contributed by atoms with Gasteiger partial charge >= 0.3 is 12.1 Å². The Labute approximate surface area is 118 Å². The molecule has 1 amide bonds. The average Bonchev–Trinajstić information content (AvgIpc) is 2.91. The summed E-state index contributed by atoms with van der Waals surface area (Å²) in [7, 11) is 0. The highest BCUT2D eigenvalue weighted by Gasteiger charge is 2.38. The SMILES string of the molecule is O=C(Nc1cccc(CNCc2ccno2)c1)C(F)(F)F. The quantitative estimate of drug-likeness (QED) is 0.890. The molecule has 0 aliphatic carbocycles. The fraction of sp³-hybridized carbons (Fsp3) is 0.231. The molecule has 0 bridgehead atoms. The minimum Gasteiger partial charge on any atom is -0.360 e. The second kappa shape index (κ2) is 6.40. The van der Waals surface area contributed by atoms with E-state index in [2.05, 4.69) is 10.5 Å². The predicted molar refractivity (Wildman–Crippen MR) is 68.2 cm³/mol. The number of carbonyl (C=O) groups is 1. The molecule has 5 nitrogen and oxygen atoms in total. The Balaban J connectivity index is 1.90. The van der Waals surface area contributed by atoms with Crippen LogP contribution < -0.4 is 10.6 Å². The van der Waals surface area contributed by atoms with Gasteiger partial charge in [0.15, 0.2) is 0 Å². The largest absolute Gasteiger partial charge is 0.471 e. The van der Waals surface area contributed by atoms with Crippen LogP contribution in [0, 0.1) is 0 Å². The van der Waals surface area contributed by atoms with Crippen LogP contribution in [0.5, 0.6) is 0 Å². The fourth-order valence-corrected chi connectivity index (χ4v) is 1.62. The lowest BCUT2D eigenvalue weighted by Crippen LogP contribution is -2.29. The van der Waals surface area contributed by atoms with Crippen molar-refractivity contribution in [2.75, 3.05) is 5.32 Å². The van der Waals surface area contributed by atoms with Crippen molar-refractivity contribution < 1.29 is 22.5 Å². The number of anilines is 1.